The minimum Gasteiger partial charge on any atom is -0.494 e. The molecule has 0 saturated heterocycles. The Bertz CT molecular complexity index is 956. The number of fused-ring (bicyclic) bond motifs is 1. The van der Waals surface area contributed by atoms with Gasteiger partial charge in [0.2, 0.25) is 5.78 Å². The molecule has 1 aromatic heterocycles. The maximum atomic E-state index is 14.4. The molecular formula is C18H13ClF2O2S. The van der Waals surface area contributed by atoms with Gasteiger partial charge in [0, 0.05) is 10.9 Å². The molecule has 3 rings (SSSR count). The molecule has 0 fully saturated rings. The van der Waals surface area contributed by atoms with E-state index in [2.05, 4.69) is 0 Å². The molecule has 0 saturated carbocycles. The van der Waals surface area contributed by atoms with Crippen LogP contribution in [0.2, 0.25) is 5.02 Å². The summed E-state index contributed by atoms with van der Waals surface area (Å²) in [6.07, 6.45) is 0. The number of halogens is 3. The second-order valence-electron chi connectivity index (χ2n) is 5.45. The molecule has 0 bridgehead atoms. The molecule has 1 heterocycles. The molecule has 0 unspecified atom stereocenters. The van der Waals surface area contributed by atoms with Crippen LogP contribution in [-0.4, -0.2) is 12.9 Å². The number of aryl methyl sites for hydroxylation is 2. The van der Waals surface area contributed by atoms with Crippen LogP contribution in [0, 0.1) is 25.5 Å². The van der Waals surface area contributed by atoms with Crippen LogP contribution < -0.4 is 4.74 Å². The van der Waals surface area contributed by atoms with Crippen molar-refractivity contribution in [3.63, 3.8) is 0 Å². The highest BCUT2D eigenvalue weighted by atomic mass is 35.5. The van der Waals surface area contributed by atoms with Gasteiger partial charge in [-0.2, -0.15) is 0 Å². The lowest BCUT2D eigenvalue weighted by atomic mass is 9.98. The zero-order chi connectivity index (χ0) is 17.6. The fourth-order valence-corrected chi connectivity index (χ4v) is 4.25. The smallest absolute Gasteiger partial charge is 0.205 e. The summed E-state index contributed by atoms with van der Waals surface area (Å²) in [7, 11) is 1.37. The molecule has 0 aliphatic heterocycles. The van der Waals surface area contributed by atoms with Gasteiger partial charge in [0.05, 0.1) is 21.7 Å². The fraction of sp³-hybridized carbons (Fsp3) is 0.167. The summed E-state index contributed by atoms with van der Waals surface area (Å²) in [6.45, 7) is 3.32. The van der Waals surface area contributed by atoms with Crippen LogP contribution in [0.15, 0.2) is 24.3 Å². The number of carbonyl (C=O) groups is 1. The summed E-state index contributed by atoms with van der Waals surface area (Å²) in [5.41, 5.74) is 1.42. The first kappa shape index (κ1) is 16.9. The Morgan fingerprint density at radius 2 is 1.79 bits per heavy atom. The minimum atomic E-state index is -0.548. The number of hydrogen-bond donors (Lipinski definition) is 0. The van der Waals surface area contributed by atoms with E-state index < -0.39 is 11.6 Å². The van der Waals surface area contributed by atoms with Gasteiger partial charge >= 0.3 is 0 Å². The SMILES string of the molecule is COc1ccc2c(Cl)c(C(=O)c3c(C)cc(F)cc3C)sc2c1F. The van der Waals surface area contributed by atoms with Crippen molar-refractivity contribution in [3.8, 4) is 5.75 Å². The maximum absolute atomic E-state index is 14.4. The van der Waals surface area contributed by atoms with Crippen molar-refractivity contribution in [2.45, 2.75) is 13.8 Å². The van der Waals surface area contributed by atoms with E-state index in [1.807, 2.05) is 0 Å². The van der Waals surface area contributed by atoms with Crippen molar-refractivity contribution in [1.29, 1.82) is 0 Å². The van der Waals surface area contributed by atoms with Gasteiger partial charge in [-0.3, -0.25) is 4.79 Å². The highest BCUT2D eigenvalue weighted by Crippen LogP contribution is 2.41. The molecule has 24 heavy (non-hydrogen) atoms. The number of hydrogen-bond acceptors (Lipinski definition) is 3. The van der Waals surface area contributed by atoms with E-state index in [1.54, 1.807) is 19.9 Å². The normalized spacial score (nSPS) is 11.1. The molecule has 124 valence electrons. The third kappa shape index (κ3) is 2.58. The van der Waals surface area contributed by atoms with Gasteiger partial charge < -0.3 is 4.74 Å². The second kappa shape index (κ2) is 6.15. The average Bonchev–Trinajstić information content (AvgIpc) is 2.85. The summed E-state index contributed by atoms with van der Waals surface area (Å²) in [5, 5.41) is 0.658. The zero-order valence-electron chi connectivity index (χ0n) is 13.2. The highest BCUT2D eigenvalue weighted by molar-refractivity contribution is 7.21. The molecule has 0 spiro atoms. The van der Waals surface area contributed by atoms with Gasteiger partial charge in [-0.1, -0.05) is 11.6 Å². The van der Waals surface area contributed by atoms with E-state index >= 15 is 0 Å². The van der Waals surface area contributed by atoms with Crippen molar-refractivity contribution in [1.82, 2.24) is 0 Å². The Labute approximate surface area is 146 Å². The quantitative estimate of drug-likeness (QED) is 0.556. The number of methoxy groups -OCH3 is 1. The molecular weight excluding hydrogens is 354 g/mol. The second-order valence-corrected chi connectivity index (χ2v) is 6.85. The van der Waals surface area contributed by atoms with Crippen LogP contribution >= 0.6 is 22.9 Å². The molecule has 0 aliphatic rings. The highest BCUT2D eigenvalue weighted by Gasteiger charge is 2.24. The van der Waals surface area contributed by atoms with Crippen molar-refractivity contribution < 1.29 is 18.3 Å². The zero-order valence-corrected chi connectivity index (χ0v) is 14.7. The van der Waals surface area contributed by atoms with Crippen LogP contribution in [0.4, 0.5) is 8.78 Å². The predicted octanol–water partition coefficient (Wildman–Crippen LogP) is 5.69. The summed E-state index contributed by atoms with van der Waals surface area (Å²) in [5.74, 6) is -1.20. The summed E-state index contributed by atoms with van der Waals surface area (Å²) >= 11 is 7.29. The molecule has 6 heteroatoms. The lowest BCUT2D eigenvalue weighted by Crippen LogP contribution is -2.05. The number of ketones is 1. The van der Waals surface area contributed by atoms with Gasteiger partial charge in [-0.15, -0.1) is 11.3 Å². The molecule has 2 nitrogen and oxygen atoms in total. The number of carbonyl (C=O) groups excluding carboxylic acids is 1. The number of thiophene rings is 1. The monoisotopic (exact) mass is 366 g/mol. The molecule has 0 radical (unpaired) electrons. The third-order valence-corrected chi connectivity index (χ3v) is 5.55. The summed E-state index contributed by atoms with van der Waals surface area (Å²) < 4.78 is 33.1. The minimum absolute atomic E-state index is 0.0913. The molecule has 2 aromatic carbocycles. The Kier molecular flexibility index (Phi) is 4.32. The molecule has 0 atom stereocenters. The van der Waals surface area contributed by atoms with Crippen LogP contribution in [-0.2, 0) is 0 Å². The van der Waals surface area contributed by atoms with Gasteiger partial charge in [0.25, 0.3) is 0 Å². The Hall–Kier alpha value is -1.98. The van der Waals surface area contributed by atoms with E-state index in [0.29, 0.717) is 22.1 Å². The standard InChI is InChI=1S/C18H13ClF2O2S/c1-8-6-10(20)7-9(2)13(8)16(22)18-14(19)11-4-5-12(23-3)15(21)17(11)24-18/h4-7H,1-3H3. The van der Waals surface area contributed by atoms with Gasteiger partial charge in [0.15, 0.2) is 11.6 Å². The van der Waals surface area contributed by atoms with Crippen molar-refractivity contribution in [2.75, 3.05) is 7.11 Å². The van der Waals surface area contributed by atoms with E-state index in [9.17, 15) is 13.6 Å². The summed E-state index contributed by atoms with van der Waals surface area (Å²) in [6, 6.07) is 5.69. The first-order valence-corrected chi connectivity index (χ1v) is 8.30. The Balaban J connectivity index is 2.22. The molecule has 0 N–H and O–H groups in total. The van der Waals surface area contributed by atoms with E-state index in [4.69, 9.17) is 16.3 Å². The number of rotatable bonds is 3. The first-order valence-electron chi connectivity index (χ1n) is 7.11. The lowest BCUT2D eigenvalue weighted by Gasteiger charge is -2.08. The van der Waals surface area contributed by atoms with Gasteiger partial charge in [-0.05, 0) is 49.2 Å². The van der Waals surface area contributed by atoms with Crippen molar-refractivity contribution in [2.24, 2.45) is 0 Å². The first-order chi connectivity index (χ1) is 11.3. The third-order valence-electron chi connectivity index (χ3n) is 3.85. The van der Waals surface area contributed by atoms with E-state index in [0.717, 1.165) is 11.3 Å². The van der Waals surface area contributed by atoms with Gasteiger partial charge in [-0.25, -0.2) is 8.78 Å². The fourth-order valence-electron chi connectivity index (χ4n) is 2.77. The summed E-state index contributed by atoms with van der Waals surface area (Å²) in [4.78, 5) is 13.1. The topological polar surface area (TPSA) is 26.3 Å². The lowest BCUT2D eigenvalue weighted by molar-refractivity contribution is 0.104. The molecule has 3 aromatic rings. The predicted molar refractivity (Wildman–Crippen MR) is 92.7 cm³/mol. The van der Waals surface area contributed by atoms with Crippen molar-refractivity contribution in [3.05, 3.63) is 62.5 Å². The number of ether oxygens (including phenoxy) is 1. The number of benzene rings is 2. The van der Waals surface area contributed by atoms with Crippen LogP contribution in [0.25, 0.3) is 10.1 Å². The van der Waals surface area contributed by atoms with Gasteiger partial charge in [0.1, 0.15) is 5.82 Å². The Morgan fingerprint density at radius 3 is 2.38 bits per heavy atom. The average molecular weight is 367 g/mol. The Morgan fingerprint density at radius 1 is 1.17 bits per heavy atom. The van der Waals surface area contributed by atoms with E-state index in [1.165, 1.54) is 25.3 Å². The maximum Gasteiger partial charge on any atom is 0.205 e. The molecule has 0 aliphatic carbocycles. The molecule has 0 amide bonds. The van der Waals surface area contributed by atoms with Crippen molar-refractivity contribution >= 4 is 38.8 Å². The van der Waals surface area contributed by atoms with Crippen LogP contribution in [0.5, 0.6) is 5.75 Å². The van der Waals surface area contributed by atoms with E-state index in [-0.39, 0.29) is 26.1 Å². The largest absolute Gasteiger partial charge is 0.494 e. The van der Waals surface area contributed by atoms with Crippen LogP contribution in [0.3, 0.4) is 0 Å². The van der Waals surface area contributed by atoms with Crippen LogP contribution in [0.1, 0.15) is 26.4 Å².